The van der Waals surface area contributed by atoms with E-state index in [9.17, 15) is 13.2 Å². The standard InChI is InChI=1S/C21H19N3O3S3/c1-3-14-22-21-24(30(26,27)15-10-6-5-7-11-15)19(25)18(29-21)20-23(4-2)16-12-8-9-13-17(16)28-20/h3,5-13H,1,4,14H2,2H3/b20-18+,22-21?. The first-order chi connectivity index (χ1) is 14.5. The maximum Gasteiger partial charge on any atom is 0.283 e. The molecule has 30 heavy (non-hydrogen) atoms. The summed E-state index contributed by atoms with van der Waals surface area (Å²) in [6, 6.07) is 15.8. The van der Waals surface area contributed by atoms with Gasteiger partial charge in [0.2, 0.25) is 0 Å². The van der Waals surface area contributed by atoms with Crippen molar-refractivity contribution in [1.29, 1.82) is 0 Å². The number of thioether (sulfide) groups is 2. The Kier molecular flexibility index (Phi) is 5.77. The Balaban J connectivity index is 1.83. The number of aliphatic imine (C=N–C) groups is 1. The number of amides is 1. The van der Waals surface area contributed by atoms with E-state index < -0.39 is 15.9 Å². The first kappa shape index (κ1) is 20.8. The molecule has 2 aliphatic rings. The van der Waals surface area contributed by atoms with Crippen LogP contribution >= 0.6 is 23.5 Å². The quantitative estimate of drug-likeness (QED) is 0.493. The summed E-state index contributed by atoms with van der Waals surface area (Å²) in [5.74, 6) is -0.583. The second kappa shape index (κ2) is 8.33. The normalized spacial score (nSPS) is 20.2. The van der Waals surface area contributed by atoms with E-state index >= 15 is 0 Å². The molecule has 0 radical (unpaired) electrons. The number of nitrogens with zero attached hydrogens (tertiary/aromatic N) is 3. The van der Waals surface area contributed by atoms with Crippen LogP contribution in [0.3, 0.4) is 0 Å². The molecule has 0 atom stereocenters. The van der Waals surface area contributed by atoms with Crippen molar-refractivity contribution in [3.05, 3.63) is 77.2 Å². The Labute approximate surface area is 184 Å². The van der Waals surface area contributed by atoms with E-state index in [2.05, 4.69) is 11.6 Å². The smallest absolute Gasteiger partial charge is 0.283 e. The fraction of sp³-hybridized carbons (Fsp3) is 0.143. The van der Waals surface area contributed by atoms with Crippen LogP contribution in [0.4, 0.5) is 5.69 Å². The number of carbonyl (C=O) groups excluding carboxylic acids is 1. The van der Waals surface area contributed by atoms with Gasteiger partial charge in [0.1, 0.15) is 9.93 Å². The maximum atomic E-state index is 13.4. The minimum Gasteiger partial charge on any atom is -0.334 e. The largest absolute Gasteiger partial charge is 0.334 e. The third-order valence-corrected chi connectivity index (χ3v) is 8.68. The lowest BCUT2D eigenvalue weighted by molar-refractivity contribution is -0.119. The zero-order valence-electron chi connectivity index (χ0n) is 16.2. The molecule has 1 fully saturated rings. The van der Waals surface area contributed by atoms with E-state index in [4.69, 9.17) is 0 Å². The van der Waals surface area contributed by atoms with Crippen LogP contribution < -0.4 is 4.90 Å². The second-order valence-corrected chi connectivity index (χ2v) is 10.1. The Bertz CT molecular complexity index is 1170. The predicted octanol–water partition coefficient (Wildman–Crippen LogP) is 4.29. The Hall–Kier alpha value is -2.49. The highest BCUT2D eigenvalue weighted by Crippen LogP contribution is 2.51. The number of rotatable bonds is 5. The summed E-state index contributed by atoms with van der Waals surface area (Å²) in [7, 11) is -4.09. The lowest BCUT2D eigenvalue weighted by atomic mass is 10.3. The number of fused-ring (bicyclic) bond motifs is 1. The lowest BCUT2D eigenvalue weighted by Gasteiger charge is -2.19. The molecule has 0 saturated carbocycles. The van der Waals surface area contributed by atoms with Crippen LogP contribution in [0, 0.1) is 0 Å². The number of amidine groups is 1. The van der Waals surface area contributed by atoms with E-state index in [0.29, 0.717) is 11.4 Å². The van der Waals surface area contributed by atoms with Crippen LogP contribution in [-0.2, 0) is 14.8 Å². The van der Waals surface area contributed by atoms with Gasteiger partial charge in [0, 0.05) is 11.4 Å². The summed E-state index contributed by atoms with van der Waals surface area (Å²) in [4.78, 5) is 21.2. The summed E-state index contributed by atoms with van der Waals surface area (Å²) in [6.45, 7) is 6.51. The van der Waals surface area contributed by atoms with Gasteiger partial charge in [-0.25, -0.2) is 8.42 Å². The van der Waals surface area contributed by atoms with Crippen molar-refractivity contribution < 1.29 is 13.2 Å². The third-order valence-electron chi connectivity index (χ3n) is 4.50. The third kappa shape index (κ3) is 3.46. The molecular formula is C21H19N3O3S3. The number of carbonyl (C=O) groups is 1. The molecular weight excluding hydrogens is 438 g/mol. The number of hydrogen-bond acceptors (Lipinski definition) is 7. The Morgan fingerprint density at radius 1 is 1.07 bits per heavy atom. The van der Waals surface area contributed by atoms with E-state index in [1.54, 1.807) is 24.3 Å². The van der Waals surface area contributed by atoms with Gasteiger partial charge in [0.25, 0.3) is 15.9 Å². The van der Waals surface area contributed by atoms with Gasteiger partial charge < -0.3 is 4.90 Å². The molecule has 4 rings (SSSR count). The number of benzene rings is 2. The molecule has 0 spiro atoms. The summed E-state index contributed by atoms with van der Waals surface area (Å²) in [5, 5.41) is 0.865. The minimum atomic E-state index is -4.09. The van der Waals surface area contributed by atoms with Crippen molar-refractivity contribution >= 4 is 50.3 Å². The van der Waals surface area contributed by atoms with Crippen LogP contribution in [-0.4, -0.2) is 36.9 Å². The average molecular weight is 458 g/mol. The molecule has 0 aliphatic carbocycles. The molecule has 0 aromatic heterocycles. The maximum absolute atomic E-state index is 13.4. The molecule has 1 saturated heterocycles. The van der Waals surface area contributed by atoms with Crippen LogP contribution in [0.15, 0.2) is 92.0 Å². The molecule has 0 N–H and O–H groups in total. The van der Waals surface area contributed by atoms with Gasteiger partial charge in [0.05, 0.1) is 17.1 Å². The van der Waals surface area contributed by atoms with Crippen molar-refractivity contribution in [3.8, 4) is 0 Å². The minimum absolute atomic E-state index is 0.0474. The van der Waals surface area contributed by atoms with Crippen molar-refractivity contribution in [3.63, 3.8) is 0 Å². The summed E-state index contributed by atoms with van der Waals surface area (Å²) < 4.78 is 27.4. The first-order valence-electron chi connectivity index (χ1n) is 9.25. The molecule has 2 heterocycles. The fourth-order valence-electron chi connectivity index (χ4n) is 3.16. The topological polar surface area (TPSA) is 70.1 Å². The summed E-state index contributed by atoms with van der Waals surface area (Å²) in [6.07, 6.45) is 1.56. The van der Waals surface area contributed by atoms with Gasteiger partial charge in [0.15, 0.2) is 5.17 Å². The van der Waals surface area contributed by atoms with Crippen LogP contribution in [0.5, 0.6) is 0 Å². The van der Waals surface area contributed by atoms with Gasteiger partial charge in [-0.1, -0.05) is 48.2 Å². The molecule has 0 unspecified atom stereocenters. The number of sulfonamides is 1. The zero-order chi connectivity index (χ0) is 21.3. The number of anilines is 1. The van der Waals surface area contributed by atoms with Gasteiger partial charge in [-0.2, -0.15) is 4.31 Å². The molecule has 2 aliphatic heterocycles. The van der Waals surface area contributed by atoms with Crippen molar-refractivity contribution in [2.24, 2.45) is 4.99 Å². The van der Waals surface area contributed by atoms with E-state index in [1.807, 2.05) is 36.1 Å². The lowest BCUT2D eigenvalue weighted by Crippen LogP contribution is -2.36. The summed E-state index contributed by atoms with van der Waals surface area (Å²) in [5.41, 5.74) is 1.01. The molecule has 6 nitrogen and oxygen atoms in total. The SMILES string of the molecule is C=CCN=C1S/C(=C2/Sc3ccccc3N2CC)C(=O)N1S(=O)(=O)c1ccccc1. The van der Waals surface area contributed by atoms with Gasteiger partial charge in [-0.05, 0) is 43.0 Å². The highest BCUT2D eigenvalue weighted by molar-refractivity contribution is 8.20. The van der Waals surface area contributed by atoms with Gasteiger partial charge >= 0.3 is 0 Å². The molecule has 154 valence electrons. The van der Waals surface area contributed by atoms with Crippen LogP contribution in [0.25, 0.3) is 0 Å². The Morgan fingerprint density at radius 3 is 2.47 bits per heavy atom. The molecule has 2 aromatic carbocycles. The number of hydrogen-bond donors (Lipinski definition) is 0. The van der Waals surface area contributed by atoms with E-state index in [-0.39, 0.29) is 16.6 Å². The van der Waals surface area contributed by atoms with Crippen molar-refractivity contribution in [2.75, 3.05) is 18.0 Å². The molecule has 9 heteroatoms. The van der Waals surface area contributed by atoms with E-state index in [0.717, 1.165) is 31.7 Å². The fourth-order valence-corrected chi connectivity index (χ4v) is 7.18. The second-order valence-electron chi connectivity index (χ2n) is 6.35. The molecule has 2 aromatic rings. The Morgan fingerprint density at radius 2 is 1.77 bits per heavy atom. The zero-order valence-corrected chi connectivity index (χ0v) is 18.6. The van der Waals surface area contributed by atoms with Crippen molar-refractivity contribution in [2.45, 2.75) is 16.7 Å². The van der Waals surface area contributed by atoms with E-state index in [1.165, 1.54) is 23.9 Å². The van der Waals surface area contributed by atoms with Crippen LogP contribution in [0.2, 0.25) is 0 Å². The highest BCUT2D eigenvalue weighted by Gasteiger charge is 2.45. The monoisotopic (exact) mass is 457 g/mol. The molecule has 1 amide bonds. The van der Waals surface area contributed by atoms with Gasteiger partial charge in [-0.3, -0.25) is 9.79 Å². The van der Waals surface area contributed by atoms with Crippen LogP contribution in [0.1, 0.15) is 6.92 Å². The predicted molar refractivity (Wildman–Crippen MR) is 123 cm³/mol. The molecule has 0 bridgehead atoms. The average Bonchev–Trinajstić information content (AvgIpc) is 3.30. The van der Waals surface area contributed by atoms with Gasteiger partial charge in [-0.15, -0.1) is 6.58 Å². The summed E-state index contributed by atoms with van der Waals surface area (Å²) >= 11 is 2.56. The first-order valence-corrected chi connectivity index (χ1v) is 12.3. The number of para-hydroxylation sites is 1. The van der Waals surface area contributed by atoms with Crippen molar-refractivity contribution in [1.82, 2.24) is 4.31 Å². The highest BCUT2D eigenvalue weighted by atomic mass is 32.2.